The number of rotatable bonds is 8. The summed E-state index contributed by atoms with van der Waals surface area (Å²) in [5, 5.41) is 7.78. The average Bonchev–Trinajstić information content (AvgIpc) is 3.15. The highest BCUT2D eigenvalue weighted by Crippen LogP contribution is 2.26. The number of carbonyl (C=O) groups excluding carboxylic acids is 1. The first-order valence-electron chi connectivity index (χ1n) is 9.55. The zero-order valence-electron chi connectivity index (χ0n) is 17.1. The third-order valence-corrected chi connectivity index (χ3v) is 4.76. The average molecular weight is 430 g/mol. The number of methoxy groups -OCH3 is 2. The molecule has 0 atom stereocenters. The Balaban J connectivity index is 1.71. The molecule has 1 N–H and O–H groups in total. The molecule has 2 aromatic carbocycles. The molecule has 0 bridgehead atoms. The Bertz CT molecular complexity index is 1000. The van der Waals surface area contributed by atoms with Gasteiger partial charge in [-0.25, -0.2) is 9.48 Å². The van der Waals surface area contributed by atoms with Crippen molar-refractivity contribution in [1.82, 2.24) is 15.1 Å². The van der Waals surface area contributed by atoms with Gasteiger partial charge < -0.3 is 19.5 Å². The van der Waals surface area contributed by atoms with E-state index in [-0.39, 0.29) is 6.54 Å². The summed E-state index contributed by atoms with van der Waals surface area (Å²) in [6, 6.07) is 12.7. The molecule has 1 heterocycles. The number of carbonyl (C=O) groups is 1. The third kappa shape index (κ3) is 5.04. The zero-order valence-corrected chi connectivity index (χ0v) is 17.9. The van der Waals surface area contributed by atoms with Crippen molar-refractivity contribution < 1.29 is 19.0 Å². The molecular formula is C22H24ClN3O4. The molecule has 1 aromatic heterocycles. The van der Waals surface area contributed by atoms with Gasteiger partial charge in [-0.3, -0.25) is 0 Å². The summed E-state index contributed by atoms with van der Waals surface area (Å²) in [7, 11) is 3.15. The van der Waals surface area contributed by atoms with E-state index in [1.165, 1.54) is 0 Å². The molecule has 3 aromatic rings. The first-order valence-corrected chi connectivity index (χ1v) is 9.93. The maximum Gasteiger partial charge on any atom is 0.412 e. The van der Waals surface area contributed by atoms with Crippen molar-refractivity contribution in [2.75, 3.05) is 14.2 Å². The molecule has 0 fully saturated rings. The van der Waals surface area contributed by atoms with Gasteiger partial charge >= 0.3 is 6.09 Å². The van der Waals surface area contributed by atoms with Crippen LogP contribution in [0.2, 0.25) is 5.02 Å². The van der Waals surface area contributed by atoms with E-state index in [1.807, 2.05) is 18.2 Å². The lowest BCUT2D eigenvalue weighted by atomic mass is 10.2. The maximum atomic E-state index is 12.4. The van der Waals surface area contributed by atoms with Crippen molar-refractivity contribution in [3.63, 3.8) is 0 Å². The lowest BCUT2D eigenvalue weighted by Gasteiger charge is -2.12. The van der Waals surface area contributed by atoms with Crippen LogP contribution in [0.25, 0.3) is 5.69 Å². The summed E-state index contributed by atoms with van der Waals surface area (Å²) in [4.78, 5) is 12.4. The number of hydrogen-bond donors (Lipinski definition) is 1. The van der Waals surface area contributed by atoms with E-state index in [0.29, 0.717) is 28.7 Å². The number of benzene rings is 2. The van der Waals surface area contributed by atoms with Crippen LogP contribution in [0.5, 0.6) is 17.2 Å². The summed E-state index contributed by atoms with van der Waals surface area (Å²) in [6.45, 7) is 2.31. The van der Waals surface area contributed by atoms with Crippen LogP contribution < -0.4 is 19.5 Å². The molecule has 0 aliphatic heterocycles. The molecule has 1 amide bonds. The lowest BCUT2D eigenvalue weighted by Crippen LogP contribution is -2.26. The van der Waals surface area contributed by atoms with E-state index >= 15 is 0 Å². The number of hydrogen-bond acceptors (Lipinski definition) is 5. The van der Waals surface area contributed by atoms with Crippen LogP contribution in [-0.4, -0.2) is 30.1 Å². The SMILES string of the molecule is CCCc1c(OC(=O)NCc2ccc(OC)cc2OC)cnn1-c1ccc(Cl)cc1. The van der Waals surface area contributed by atoms with Crippen molar-refractivity contribution >= 4 is 17.7 Å². The molecule has 7 nitrogen and oxygen atoms in total. The number of halogens is 1. The fourth-order valence-electron chi connectivity index (χ4n) is 3.02. The van der Waals surface area contributed by atoms with Crippen molar-refractivity contribution in [1.29, 1.82) is 0 Å². The van der Waals surface area contributed by atoms with Crippen LogP contribution in [0.4, 0.5) is 4.79 Å². The van der Waals surface area contributed by atoms with E-state index < -0.39 is 6.09 Å². The fraction of sp³-hybridized carbons (Fsp3) is 0.273. The van der Waals surface area contributed by atoms with E-state index in [9.17, 15) is 4.79 Å². The molecule has 0 spiro atoms. The third-order valence-electron chi connectivity index (χ3n) is 4.51. The summed E-state index contributed by atoms with van der Waals surface area (Å²) < 4.78 is 17.8. The first kappa shape index (κ1) is 21.5. The van der Waals surface area contributed by atoms with Crippen molar-refractivity contribution in [3.8, 4) is 22.9 Å². The maximum absolute atomic E-state index is 12.4. The monoisotopic (exact) mass is 429 g/mol. The fourth-order valence-corrected chi connectivity index (χ4v) is 3.14. The number of ether oxygens (including phenoxy) is 3. The topological polar surface area (TPSA) is 74.6 Å². The molecule has 0 unspecified atom stereocenters. The van der Waals surface area contributed by atoms with E-state index in [4.69, 9.17) is 25.8 Å². The second kappa shape index (κ2) is 10.0. The molecule has 8 heteroatoms. The predicted molar refractivity (Wildman–Crippen MR) is 115 cm³/mol. The first-order chi connectivity index (χ1) is 14.5. The highest BCUT2D eigenvalue weighted by Gasteiger charge is 2.16. The highest BCUT2D eigenvalue weighted by molar-refractivity contribution is 6.30. The summed E-state index contributed by atoms with van der Waals surface area (Å²) in [5.41, 5.74) is 2.47. The molecule has 0 saturated carbocycles. The van der Waals surface area contributed by atoms with Gasteiger partial charge in [-0.15, -0.1) is 0 Å². The van der Waals surface area contributed by atoms with Crippen molar-refractivity contribution in [2.45, 2.75) is 26.3 Å². The quantitative estimate of drug-likeness (QED) is 0.557. The molecule has 0 aliphatic carbocycles. The van der Waals surface area contributed by atoms with Crippen LogP contribution in [0.3, 0.4) is 0 Å². The zero-order chi connectivity index (χ0) is 21.5. The lowest BCUT2D eigenvalue weighted by molar-refractivity contribution is 0.199. The predicted octanol–water partition coefficient (Wildman–Crippen LogP) is 4.78. The smallest absolute Gasteiger partial charge is 0.412 e. The number of nitrogens with one attached hydrogen (secondary N) is 1. The van der Waals surface area contributed by atoms with E-state index in [2.05, 4.69) is 17.3 Å². The van der Waals surface area contributed by atoms with Gasteiger partial charge in [0, 0.05) is 23.2 Å². The largest absolute Gasteiger partial charge is 0.497 e. The van der Waals surface area contributed by atoms with Gasteiger partial charge in [-0.1, -0.05) is 24.9 Å². The molecule has 0 saturated heterocycles. The minimum Gasteiger partial charge on any atom is -0.497 e. The van der Waals surface area contributed by atoms with Crippen LogP contribution in [0, 0.1) is 0 Å². The Kier molecular flexibility index (Phi) is 7.19. The van der Waals surface area contributed by atoms with Crippen molar-refractivity contribution in [3.05, 3.63) is 64.9 Å². The minimum atomic E-state index is -0.569. The standard InChI is InChI=1S/C22H24ClN3O4/c1-4-5-19-21(14-25-26(19)17-9-7-16(23)8-10-17)30-22(27)24-13-15-6-11-18(28-2)12-20(15)29-3/h6-12,14H,4-5,13H2,1-3H3,(H,24,27). The molecular weight excluding hydrogens is 406 g/mol. The molecule has 0 aliphatic rings. The Labute approximate surface area is 180 Å². The van der Waals surface area contributed by atoms with Gasteiger partial charge in [0.2, 0.25) is 0 Å². The van der Waals surface area contributed by atoms with Crippen LogP contribution >= 0.6 is 11.6 Å². The van der Waals surface area contributed by atoms with E-state index in [1.54, 1.807) is 49.4 Å². The van der Waals surface area contributed by atoms with Gasteiger partial charge in [0.15, 0.2) is 5.75 Å². The second-order valence-electron chi connectivity index (χ2n) is 6.51. The molecule has 30 heavy (non-hydrogen) atoms. The summed E-state index contributed by atoms with van der Waals surface area (Å²) >= 11 is 5.97. The normalized spacial score (nSPS) is 10.5. The summed E-state index contributed by atoms with van der Waals surface area (Å²) in [6.07, 6.45) is 2.56. The van der Waals surface area contributed by atoms with Gasteiger partial charge in [0.1, 0.15) is 11.5 Å². The van der Waals surface area contributed by atoms with Crippen LogP contribution in [0.1, 0.15) is 24.6 Å². The number of aromatic nitrogens is 2. The molecule has 3 rings (SSSR count). The van der Waals surface area contributed by atoms with Crippen molar-refractivity contribution in [2.24, 2.45) is 0 Å². The van der Waals surface area contributed by atoms with Gasteiger partial charge in [0.05, 0.1) is 31.8 Å². The second-order valence-corrected chi connectivity index (χ2v) is 6.95. The number of amides is 1. The Hall–Kier alpha value is -3.19. The number of nitrogens with zero attached hydrogens (tertiary/aromatic N) is 2. The van der Waals surface area contributed by atoms with Gasteiger partial charge in [-0.2, -0.15) is 5.10 Å². The Morgan fingerprint density at radius 1 is 1.10 bits per heavy atom. The van der Waals surface area contributed by atoms with E-state index in [0.717, 1.165) is 23.4 Å². The Morgan fingerprint density at radius 3 is 2.53 bits per heavy atom. The Morgan fingerprint density at radius 2 is 1.87 bits per heavy atom. The highest BCUT2D eigenvalue weighted by atomic mass is 35.5. The van der Waals surface area contributed by atoms with Gasteiger partial charge in [0.25, 0.3) is 0 Å². The molecule has 158 valence electrons. The minimum absolute atomic E-state index is 0.250. The van der Waals surface area contributed by atoms with Gasteiger partial charge in [-0.05, 0) is 42.8 Å². The van der Waals surface area contributed by atoms with Crippen LogP contribution in [0.15, 0.2) is 48.7 Å². The molecule has 0 radical (unpaired) electrons. The van der Waals surface area contributed by atoms with Crippen LogP contribution in [-0.2, 0) is 13.0 Å². The summed E-state index contributed by atoms with van der Waals surface area (Å²) in [5.74, 6) is 1.72.